The number of nitrogens with one attached hydrogen (secondary N) is 1. The summed E-state index contributed by atoms with van der Waals surface area (Å²) in [4.78, 5) is 11.5. The topological polar surface area (TPSA) is 41.1 Å². The van der Waals surface area contributed by atoms with Gasteiger partial charge in [-0.3, -0.25) is 4.98 Å². The van der Waals surface area contributed by atoms with Gasteiger partial charge in [0.15, 0.2) is 0 Å². The standard InChI is InChI=1S/C15H26N4S/c1-11-9-19(10-12(2)20-11)14-8-16-13(6-17-14)7-18-15(3,4)5/h6,8,11-12,18H,7,9-10H2,1-5H3. The highest BCUT2D eigenvalue weighted by Crippen LogP contribution is 2.27. The van der Waals surface area contributed by atoms with Gasteiger partial charge >= 0.3 is 0 Å². The van der Waals surface area contributed by atoms with E-state index in [1.807, 2.05) is 12.4 Å². The van der Waals surface area contributed by atoms with Crippen LogP contribution in [0.4, 0.5) is 5.82 Å². The first-order chi connectivity index (χ1) is 9.33. The highest BCUT2D eigenvalue weighted by molar-refractivity contribution is 8.00. The first-order valence-corrected chi connectivity index (χ1v) is 8.24. The van der Waals surface area contributed by atoms with Crippen molar-refractivity contribution in [2.75, 3.05) is 18.0 Å². The second-order valence-corrected chi connectivity index (χ2v) is 8.51. The van der Waals surface area contributed by atoms with Crippen LogP contribution in [0.2, 0.25) is 0 Å². The third-order valence-electron chi connectivity index (χ3n) is 3.24. The van der Waals surface area contributed by atoms with Crippen LogP contribution in [0, 0.1) is 0 Å². The van der Waals surface area contributed by atoms with Gasteiger partial charge in [0.2, 0.25) is 0 Å². The van der Waals surface area contributed by atoms with Gasteiger partial charge in [-0.05, 0) is 20.8 Å². The van der Waals surface area contributed by atoms with Crippen molar-refractivity contribution < 1.29 is 0 Å². The summed E-state index contributed by atoms with van der Waals surface area (Å²) >= 11 is 2.05. The van der Waals surface area contributed by atoms with Crippen molar-refractivity contribution in [2.45, 2.75) is 57.2 Å². The molecule has 0 saturated carbocycles. The van der Waals surface area contributed by atoms with Crippen LogP contribution in [0.3, 0.4) is 0 Å². The van der Waals surface area contributed by atoms with Gasteiger partial charge < -0.3 is 10.2 Å². The van der Waals surface area contributed by atoms with E-state index < -0.39 is 0 Å². The molecule has 1 aliphatic heterocycles. The summed E-state index contributed by atoms with van der Waals surface area (Å²) in [6, 6.07) is 0. The number of thioether (sulfide) groups is 1. The third kappa shape index (κ3) is 4.63. The molecule has 0 aliphatic carbocycles. The molecule has 20 heavy (non-hydrogen) atoms. The summed E-state index contributed by atoms with van der Waals surface area (Å²) in [5.41, 5.74) is 1.10. The number of nitrogens with zero attached hydrogens (tertiary/aromatic N) is 3. The summed E-state index contributed by atoms with van der Waals surface area (Å²) in [6.45, 7) is 13.9. The van der Waals surface area contributed by atoms with Crippen LogP contribution in [0.15, 0.2) is 12.4 Å². The predicted octanol–water partition coefficient (Wildman–Crippen LogP) is 2.69. The van der Waals surface area contributed by atoms with Crippen LogP contribution in [-0.2, 0) is 6.54 Å². The normalized spacial score (nSPS) is 23.9. The first kappa shape index (κ1) is 15.6. The van der Waals surface area contributed by atoms with Crippen molar-refractivity contribution in [1.82, 2.24) is 15.3 Å². The lowest BCUT2D eigenvalue weighted by molar-refractivity contribution is 0.421. The van der Waals surface area contributed by atoms with Crippen LogP contribution in [-0.4, -0.2) is 39.1 Å². The minimum Gasteiger partial charge on any atom is -0.353 e. The maximum absolute atomic E-state index is 4.59. The zero-order valence-corrected chi connectivity index (χ0v) is 14.0. The van der Waals surface area contributed by atoms with Gasteiger partial charge in [0.05, 0.1) is 18.1 Å². The Balaban J connectivity index is 1.97. The average Bonchev–Trinajstić information content (AvgIpc) is 2.35. The van der Waals surface area contributed by atoms with E-state index in [0.717, 1.165) is 31.1 Å². The van der Waals surface area contributed by atoms with E-state index in [1.54, 1.807) is 0 Å². The molecule has 0 aromatic carbocycles. The number of hydrogen-bond acceptors (Lipinski definition) is 5. The monoisotopic (exact) mass is 294 g/mol. The Bertz CT molecular complexity index is 416. The van der Waals surface area contributed by atoms with Gasteiger partial charge in [-0.1, -0.05) is 13.8 Å². The molecule has 1 saturated heterocycles. The molecular weight excluding hydrogens is 268 g/mol. The van der Waals surface area contributed by atoms with E-state index in [0.29, 0.717) is 10.5 Å². The third-order valence-corrected chi connectivity index (χ3v) is 4.46. The lowest BCUT2D eigenvalue weighted by atomic mass is 10.1. The molecule has 5 heteroatoms. The van der Waals surface area contributed by atoms with E-state index in [9.17, 15) is 0 Å². The van der Waals surface area contributed by atoms with Crippen LogP contribution in [0.1, 0.15) is 40.3 Å². The molecule has 2 rings (SSSR count). The lowest BCUT2D eigenvalue weighted by Crippen LogP contribution is -2.41. The Morgan fingerprint density at radius 2 is 1.85 bits per heavy atom. The van der Waals surface area contributed by atoms with E-state index >= 15 is 0 Å². The summed E-state index contributed by atoms with van der Waals surface area (Å²) in [7, 11) is 0. The SMILES string of the molecule is CC1CN(c2cnc(CNC(C)(C)C)cn2)CC(C)S1. The van der Waals surface area contributed by atoms with E-state index in [1.165, 1.54) is 0 Å². The maximum Gasteiger partial charge on any atom is 0.147 e. The van der Waals surface area contributed by atoms with Crippen LogP contribution >= 0.6 is 11.8 Å². The zero-order chi connectivity index (χ0) is 14.8. The molecule has 2 atom stereocenters. The van der Waals surface area contributed by atoms with Gasteiger partial charge in [0.1, 0.15) is 5.82 Å². The Kier molecular flexibility index (Phi) is 4.91. The minimum absolute atomic E-state index is 0.106. The van der Waals surface area contributed by atoms with Gasteiger partial charge in [0.25, 0.3) is 0 Å². The molecule has 112 valence electrons. The van der Waals surface area contributed by atoms with Crippen molar-refractivity contribution in [1.29, 1.82) is 0 Å². The number of aromatic nitrogens is 2. The van der Waals surface area contributed by atoms with Crippen molar-refractivity contribution in [3.63, 3.8) is 0 Å². The fourth-order valence-corrected chi connectivity index (χ4v) is 3.65. The number of hydrogen-bond donors (Lipinski definition) is 1. The molecule has 2 heterocycles. The molecule has 0 spiro atoms. The Labute approximate surface area is 126 Å². The van der Waals surface area contributed by atoms with Gasteiger partial charge in [-0.25, -0.2) is 4.98 Å². The van der Waals surface area contributed by atoms with Crippen molar-refractivity contribution in [2.24, 2.45) is 0 Å². The molecule has 1 N–H and O–H groups in total. The molecule has 0 bridgehead atoms. The van der Waals surface area contributed by atoms with E-state index in [2.05, 4.69) is 66.6 Å². The predicted molar refractivity (Wildman–Crippen MR) is 87.4 cm³/mol. The van der Waals surface area contributed by atoms with Gasteiger partial charge in [-0.2, -0.15) is 11.8 Å². The van der Waals surface area contributed by atoms with E-state index in [4.69, 9.17) is 0 Å². The first-order valence-electron chi connectivity index (χ1n) is 7.30. The van der Waals surface area contributed by atoms with Gasteiger partial charge in [0, 0.05) is 35.7 Å². The number of anilines is 1. The van der Waals surface area contributed by atoms with Crippen molar-refractivity contribution in [3.05, 3.63) is 18.1 Å². The Hall–Kier alpha value is -0.810. The number of rotatable bonds is 3. The smallest absolute Gasteiger partial charge is 0.147 e. The minimum atomic E-state index is 0.106. The Morgan fingerprint density at radius 1 is 1.20 bits per heavy atom. The summed E-state index contributed by atoms with van der Waals surface area (Å²) < 4.78 is 0. The quantitative estimate of drug-likeness (QED) is 0.928. The van der Waals surface area contributed by atoms with Crippen molar-refractivity contribution >= 4 is 17.6 Å². The second kappa shape index (κ2) is 6.31. The molecule has 4 nitrogen and oxygen atoms in total. The fraction of sp³-hybridized carbons (Fsp3) is 0.733. The molecule has 1 fully saturated rings. The lowest BCUT2D eigenvalue weighted by Gasteiger charge is -2.35. The van der Waals surface area contributed by atoms with Crippen LogP contribution in [0.5, 0.6) is 0 Å². The van der Waals surface area contributed by atoms with Crippen molar-refractivity contribution in [3.8, 4) is 0 Å². The molecule has 1 aromatic rings. The average molecular weight is 294 g/mol. The Morgan fingerprint density at radius 3 is 2.35 bits per heavy atom. The summed E-state index contributed by atoms with van der Waals surface area (Å²) in [5.74, 6) is 1.00. The largest absolute Gasteiger partial charge is 0.353 e. The summed E-state index contributed by atoms with van der Waals surface area (Å²) in [6.07, 6.45) is 3.81. The molecule has 0 radical (unpaired) electrons. The van der Waals surface area contributed by atoms with Gasteiger partial charge in [-0.15, -0.1) is 0 Å². The van der Waals surface area contributed by atoms with E-state index in [-0.39, 0.29) is 5.54 Å². The molecule has 1 aromatic heterocycles. The van der Waals surface area contributed by atoms with Crippen LogP contribution in [0.25, 0.3) is 0 Å². The van der Waals surface area contributed by atoms with Crippen LogP contribution < -0.4 is 10.2 Å². The highest BCUT2D eigenvalue weighted by Gasteiger charge is 2.23. The highest BCUT2D eigenvalue weighted by atomic mass is 32.2. The molecular formula is C15H26N4S. The fourth-order valence-electron chi connectivity index (χ4n) is 2.32. The maximum atomic E-state index is 4.59. The molecule has 1 aliphatic rings. The molecule has 2 unspecified atom stereocenters. The summed E-state index contributed by atoms with van der Waals surface area (Å²) in [5, 5.41) is 4.74. The second-order valence-electron chi connectivity index (χ2n) is 6.63. The zero-order valence-electron chi connectivity index (χ0n) is 13.2. The molecule has 0 amide bonds.